The molecule has 0 fully saturated rings. The van der Waals surface area contributed by atoms with Crippen molar-refractivity contribution in [3.05, 3.63) is 106 Å². The van der Waals surface area contributed by atoms with Gasteiger partial charge in [0, 0.05) is 8.95 Å². The SMILES string of the molecule is O=S(=O)(c1ccc(Oc2ccc(Br)cc2)cc1)c1ccccc1Oc1ccc(Br)cc1. The molecule has 0 aliphatic heterocycles. The molecule has 0 N–H and O–H groups in total. The second kappa shape index (κ2) is 9.26. The quantitative estimate of drug-likeness (QED) is 0.244. The summed E-state index contributed by atoms with van der Waals surface area (Å²) in [6, 6.07) is 27.5. The van der Waals surface area contributed by atoms with Crippen LogP contribution >= 0.6 is 31.9 Å². The summed E-state index contributed by atoms with van der Waals surface area (Å²) in [5, 5.41) is 0. The molecule has 0 saturated carbocycles. The van der Waals surface area contributed by atoms with E-state index in [4.69, 9.17) is 9.47 Å². The van der Waals surface area contributed by atoms with Crippen molar-refractivity contribution in [1.82, 2.24) is 0 Å². The number of rotatable bonds is 6. The molecule has 0 spiro atoms. The lowest BCUT2D eigenvalue weighted by atomic mass is 10.3. The predicted octanol–water partition coefficient (Wildman–Crippen LogP) is 7.63. The second-order valence-electron chi connectivity index (χ2n) is 6.53. The zero-order valence-corrected chi connectivity index (χ0v) is 20.0. The maximum absolute atomic E-state index is 13.3. The minimum atomic E-state index is -3.79. The highest BCUT2D eigenvalue weighted by atomic mass is 79.9. The van der Waals surface area contributed by atoms with Gasteiger partial charge in [-0.25, -0.2) is 8.42 Å². The highest BCUT2D eigenvalue weighted by Crippen LogP contribution is 2.34. The van der Waals surface area contributed by atoms with Crippen molar-refractivity contribution in [2.45, 2.75) is 9.79 Å². The van der Waals surface area contributed by atoms with Gasteiger partial charge >= 0.3 is 0 Å². The van der Waals surface area contributed by atoms with Gasteiger partial charge in [-0.3, -0.25) is 0 Å². The number of benzene rings is 4. The van der Waals surface area contributed by atoms with Gasteiger partial charge in [0.05, 0.1) is 4.90 Å². The molecule has 4 aromatic rings. The van der Waals surface area contributed by atoms with Crippen LogP contribution in [0.3, 0.4) is 0 Å². The number of ether oxygens (including phenoxy) is 2. The summed E-state index contributed by atoms with van der Waals surface area (Å²) in [5.41, 5.74) is 0. The molecule has 0 aliphatic carbocycles. The molecule has 0 saturated heterocycles. The smallest absolute Gasteiger partial charge is 0.210 e. The Morgan fingerprint density at radius 2 is 1.00 bits per heavy atom. The molecule has 0 aromatic heterocycles. The first kappa shape index (κ1) is 21.6. The Labute approximate surface area is 197 Å². The predicted molar refractivity (Wildman–Crippen MR) is 127 cm³/mol. The van der Waals surface area contributed by atoms with E-state index in [0.717, 1.165) is 8.95 Å². The molecule has 0 atom stereocenters. The molecule has 0 amide bonds. The van der Waals surface area contributed by atoms with Gasteiger partial charge in [-0.2, -0.15) is 0 Å². The molecule has 4 rings (SSSR count). The van der Waals surface area contributed by atoms with E-state index in [-0.39, 0.29) is 15.5 Å². The number of sulfone groups is 1. The molecule has 0 radical (unpaired) electrons. The molecule has 0 heterocycles. The van der Waals surface area contributed by atoms with E-state index in [2.05, 4.69) is 31.9 Å². The molecule has 0 unspecified atom stereocenters. The van der Waals surface area contributed by atoms with Gasteiger partial charge in [0.1, 0.15) is 27.9 Å². The first-order valence-electron chi connectivity index (χ1n) is 9.23. The maximum Gasteiger partial charge on any atom is 0.210 e. The number of hydrogen-bond acceptors (Lipinski definition) is 4. The fraction of sp³-hybridized carbons (Fsp3) is 0. The van der Waals surface area contributed by atoms with Crippen LogP contribution in [0.1, 0.15) is 0 Å². The summed E-state index contributed by atoms with van der Waals surface area (Å²) < 4.78 is 40.0. The molecule has 4 aromatic carbocycles. The monoisotopic (exact) mass is 558 g/mol. The van der Waals surface area contributed by atoms with Crippen molar-refractivity contribution < 1.29 is 17.9 Å². The number of para-hydroxylation sites is 1. The van der Waals surface area contributed by atoms with Crippen molar-refractivity contribution in [1.29, 1.82) is 0 Å². The highest BCUT2D eigenvalue weighted by molar-refractivity contribution is 9.10. The molecule has 0 aliphatic rings. The minimum Gasteiger partial charge on any atom is -0.457 e. The summed E-state index contributed by atoms with van der Waals surface area (Å²) in [4.78, 5) is 0.252. The van der Waals surface area contributed by atoms with Gasteiger partial charge in [-0.05, 0) is 84.9 Å². The summed E-state index contributed by atoms with van der Waals surface area (Å²) in [5.74, 6) is 2.01. The fourth-order valence-electron chi connectivity index (χ4n) is 2.84. The summed E-state index contributed by atoms with van der Waals surface area (Å²) in [6.07, 6.45) is 0. The molecule has 0 bridgehead atoms. The maximum atomic E-state index is 13.3. The van der Waals surface area contributed by atoms with E-state index in [1.165, 1.54) is 18.2 Å². The van der Waals surface area contributed by atoms with E-state index < -0.39 is 9.84 Å². The zero-order valence-electron chi connectivity index (χ0n) is 16.0. The average Bonchev–Trinajstić information content (AvgIpc) is 2.78. The molecule has 156 valence electrons. The number of hydrogen-bond donors (Lipinski definition) is 0. The van der Waals surface area contributed by atoms with E-state index in [1.54, 1.807) is 42.5 Å². The Morgan fingerprint density at radius 3 is 1.55 bits per heavy atom. The van der Waals surface area contributed by atoms with Crippen molar-refractivity contribution in [2.75, 3.05) is 0 Å². The molecular weight excluding hydrogens is 544 g/mol. The summed E-state index contributed by atoms with van der Waals surface area (Å²) in [7, 11) is -3.79. The first-order chi connectivity index (χ1) is 14.9. The Morgan fingerprint density at radius 1 is 0.548 bits per heavy atom. The molecule has 31 heavy (non-hydrogen) atoms. The normalized spacial score (nSPS) is 11.2. The summed E-state index contributed by atoms with van der Waals surface area (Å²) in [6.45, 7) is 0. The van der Waals surface area contributed by atoms with E-state index in [1.807, 2.05) is 36.4 Å². The van der Waals surface area contributed by atoms with Crippen LogP contribution in [-0.4, -0.2) is 8.42 Å². The lowest BCUT2D eigenvalue weighted by Gasteiger charge is -2.12. The highest BCUT2D eigenvalue weighted by Gasteiger charge is 2.22. The third-order valence-corrected chi connectivity index (χ3v) is 7.23. The van der Waals surface area contributed by atoms with E-state index in [0.29, 0.717) is 17.2 Å². The van der Waals surface area contributed by atoms with Gasteiger partial charge in [0.2, 0.25) is 9.84 Å². The average molecular weight is 560 g/mol. The van der Waals surface area contributed by atoms with Crippen LogP contribution in [0.2, 0.25) is 0 Å². The van der Waals surface area contributed by atoms with Gasteiger partial charge in [-0.15, -0.1) is 0 Å². The van der Waals surface area contributed by atoms with Crippen molar-refractivity contribution >= 4 is 41.7 Å². The van der Waals surface area contributed by atoms with Crippen LogP contribution in [0.25, 0.3) is 0 Å². The zero-order chi connectivity index (χ0) is 21.8. The van der Waals surface area contributed by atoms with Gasteiger partial charge in [0.15, 0.2) is 0 Å². The molecular formula is C24H16Br2O4S. The Hall–Kier alpha value is -2.61. The Kier molecular flexibility index (Phi) is 6.46. The van der Waals surface area contributed by atoms with Gasteiger partial charge in [-0.1, -0.05) is 44.0 Å². The van der Waals surface area contributed by atoms with Crippen LogP contribution in [-0.2, 0) is 9.84 Å². The lowest BCUT2D eigenvalue weighted by Crippen LogP contribution is -2.04. The van der Waals surface area contributed by atoms with Crippen LogP contribution in [0.15, 0.2) is 116 Å². The molecule has 7 heteroatoms. The van der Waals surface area contributed by atoms with Crippen LogP contribution in [0.4, 0.5) is 0 Å². The third-order valence-electron chi connectivity index (χ3n) is 4.36. The number of halogens is 2. The van der Waals surface area contributed by atoms with Crippen LogP contribution < -0.4 is 9.47 Å². The lowest BCUT2D eigenvalue weighted by molar-refractivity contribution is 0.467. The third kappa shape index (κ3) is 5.18. The molecule has 4 nitrogen and oxygen atoms in total. The van der Waals surface area contributed by atoms with Gasteiger partial charge < -0.3 is 9.47 Å². The standard InChI is InChI=1S/C24H16Br2O4S/c25-17-5-9-19(10-6-17)29-20-13-15-22(16-14-20)31(27,28)24-4-2-1-3-23(24)30-21-11-7-18(26)8-12-21/h1-16H. The van der Waals surface area contributed by atoms with Gasteiger partial charge in [0.25, 0.3) is 0 Å². The van der Waals surface area contributed by atoms with Crippen molar-refractivity contribution in [2.24, 2.45) is 0 Å². The summed E-state index contributed by atoms with van der Waals surface area (Å²) >= 11 is 6.75. The minimum absolute atomic E-state index is 0.0968. The van der Waals surface area contributed by atoms with E-state index in [9.17, 15) is 8.42 Å². The van der Waals surface area contributed by atoms with Crippen molar-refractivity contribution in [3.63, 3.8) is 0 Å². The fourth-order valence-corrected chi connectivity index (χ4v) is 4.75. The largest absolute Gasteiger partial charge is 0.457 e. The Bertz CT molecular complexity index is 1290. The van der Waals surface area contributed by atoms with Crippen LogP contribution in [0, 0.1) is 0 Å². The second-order valence-corrected chi connectivity index (χ2v) is 10.3. The van der Waals surface area contributed by atoms with E-state index >= 15 is 0 Å². The van der Waals surface area contributed by atoms with Crippen LogP contribution in [0.5, 0.6) is 23.0 Å². The first-order valence-corrected chi connectivity index (χ1v) is 12.3. The van der Waals surface area contributed by atoms with Crippen molar-refractivity contribution in [3.8, 4) is 23.0 Å². The topological polar surface area (TPSA) is 52.6 Å². The Balaban J connectivity index is 1.59.